The molecule has 0 aromatic heterocycles. The van der Waals surface area contributed by atoms with E-state index < -0.39 is 34.3 Å². The molecule has 0 bridgehead atoms. The fraction of sp³-hybridized carbons (Fsp3) is 0.125. The second kappa shape index (κ2) is 6.86. The number of nitro benzene ring substituents is 1. The lowest BCUT2D eigenvalue weighted by Crippen LogP contribution is -2.24. The Morgan fingerprint density at radius 3 is 2.33 bits per heavy atom. The summed E-state index contributed by atoms with van der Waals surface area (Å²) < 4.78 is 17.9. The van der Waals surface area contributed by atoms with Gasteiger partial charge in [-0.25, -0.2) is 9.18 Å². The van der Waals surface area contributed by atoms with Crippen molar-refractivity contribution in [2.24, 2.45) is 0 Å². The molecule has 2 aromatic rings. The molecule has 0 aliphatic heterocycles. The highest BCUT2D eigenvalue weighted by Crippen LogP contribution is 2.23. The Morgan fingerprint density at radius 2 is 1.75 bits per heavy atom. The molecule has 0 saturated heterocycles. The highest BCUT2D eigenvalue weighted by Gasteiger charge is 2.22. The van der Waals surface area contributed by atoms with Gasteiger partial charge < -0.3 is 10.5 Å². The maximum atomic E-state index is 12.9. The van der Waals surface area contributed by atoms with E-state index in [-0.39, 0.29) is 16.8 Å². The van der Waals surface area contributed by atoms with Gasteiger partial charge in [0.15, 0.2) is 6.10 Å². The molecule has 124 valence electrons. The van der Waals surface area contributed by atoms with Crippen LogP contribution in [0.15, 0.2) is 42.5 Å². The van der Waals surface area contributed by atoms with Crippen LogP contribution in [0.25, 0.3) is 0 Å². The Bertz CT molecular complexity index is 805. The zero-order chi connectivity index (χ0) is 17.9. The van der Waals surface area contributed by atoms with Crippen molar-refractivity contribution in [2.45, 2.75) is 13.0 Å². The summed E-state index contributed by atoms with van der Waals surface area (Å²) in [7, 11) is 0. The molecule has 0 radical (unpaired) electrons. The van der Waals surface area contributed by atoms with Crippen LogP contribution < -0.4 is 5.73 Å². The molecule has 2 aromatic carbocycles. The average Bonchev–Trinajstić information content (AvgIpc) is 2.54. The second-order valence-corrected chi connectivity index (χ2v) is 4.95. The van der Waals surface area contributed by atoms with Crippen LogP contribution in [0.5, 0.6) is 0 Å². The number of nitrogens with two attached hydrogens (primary N) is 1. The van der Waals surface area contributed by atoms with Gasteiger partial charge in [-0.05, 0) is 43.3 Å². The summed E-state index contributed by atoms with van der Waals surface area (Å²) in [6, 6.07) is 8.23. The number of rotatable bonds is 5. The third-order valence-electron chi connectivity index (χ3n) is 3.24. The molecule has 0 unspecified atom stereocenters. The number of nitrogens with zero attached hydrogens (tertiary/aromatic N) is 1. The minimum atomic E-state index is -1.14. The molecule has 0 saturated carbocycles. The van der Waals surface area contributed by atoms with Gasteiger partial charge in [-0.3, -0.25) is 14.9 Å². The van der Waals surface area contributed by atoms with Gasteiger partial charge in [0.05, 0.1) is 10.5 Å². The highest BCUT2D eigenvalue weighted by molar-refractivity contribution is 6.01. The molecular weight excluding hydrogens is 319 g/mol. The molecule has 2 N–H and O–H groups in total. The van der Waals surface area contributed by atoms with E-state index in [2.05, 4.69) is 0 Å². The fourth-order valence-electron chi connectivity index (χ4n) is 1.96. The van der Waals surface area contributed by atoms with Crippen molar-refractivity contribution >= 4 is 23.1 Å². The average molecular weight is 332 g/mol. The monoisotopic (exact) mass is 332 g/mol. The number of hydrogen-bond donors (Lipinski definition) is 1. The third kappa shape index (κ3) is 3.72. The topological polar surface area (TPSA) is 113 Å². The van der Waals surface area contributed by atoms with Crippen LogP contribution in [0.3, 0.4) is 0 Å². The number of nitro groups is 1. The molecule has 0 fully saturated rings. The number of carbonyl (C=O) groups is 2. The summed E-state index contributed by atoms with van der Waals surface area (Å²) in [5.41, 5.74) is 5.01. The Morgan fingerprint density at radius 1 is 1.17 bits per heavy atom. The molecule has 0 spiro atoms. The van der Waals surface area contributed by atoms with Gasteiger partial charge >= 0.3 is 5.97 Å². The molecule has 1 atom stereocenters. The summed E-state index contributed by atoms with van der Waals surface area (Å²) >= 11 is 0. The van der Waals surface area contributed by atoms with E-state index >= 15 is 0 Å². The van der Waals surface area contributed by atoms with E-state index in [9.17, 15) is 24.1 Å². The number of ether oxygens (including phenoxy) is 1. The first-order valence-corrected chi connectivity index (χ1v) is 6.84. The van der Waals surface area contributed by atoms with Crippen LogP contribution in [0.1, 0.15) is 27.6 Å². The lowest BCUT2D eigenvalue weighted by atomic mass is 10.1. The van der Waals surface area contributed by atoms with E-state index in [1.165, 1.54) is 31.2 Å². The summed E-state index contributed by atoms with van der Waals surface area (Å²) in [4.78, 5) is 34.3. The fourth-order valence-corrected chi connectivity index (χ4v) is 1.96. The van der Waals surface area contributed by atoms with Crippen molar-refractivity contribution in [1.29, 1.82) is 0 Å². The van der Waals surface area contributed by atoms with Gasteiger partial charge in [0, 0.05) is 11.6 Å². The lowest BCUT2D eigenvalue weighted by Gasteiger charge is -2.12. The highest BCUT2D eigenvalue weighted by atomic mass is 19.1. The van der Waals surface area contributed by atoms with E-state index in [0.29, 0.717) is 0 Å². The Kier molecular flexibility index (Phi) is 4.88. The van der Waals surface area contributed by atoms with Gasteiger partial charge in [0.1, 0.15) is 11.5 Å². The molecule has 0 heterocycles. The normalized spacial score (nSPS) is 11.6. The molecule has 8 heteroatoms. The Hall–Kier alpha value is -3.29. The number of benzene rings is 2. The largest absolute Gasteiger partial charge is 0.451 e. The Balaban J connectivity index is 2.14. The van der Waals surface area contributed by atoms with Crippen molar-refractivity contribution in [2.75, 3.05) is 5.73 Å². The predicted molar refractivity (Wildman–Crippen MR) is 83.1 cm³/mol. The predicted octanol–water partition coefficient (Wildman–Crippen LogP) is 2.74. The van der Waals surface area contributed by atoms with Crippen LogP contribution in [0.4, 0.5) is 15.8 Å². The maximum absolute atomic E-state index is 12.9. The number of halogens is 1. The van der Waals surface area contributed by atoms with E-state index in [1.807, 2.05) is 0 Å². The van der Waals surface area contributed by atoms with Crippen molar-refractivity contribution in [1.82, 2.24) is 0 Å². The summed E-state index contributed by atoms with van der Waals surface area (Å²) in [6.45, 7) is 1.36. The molecule has 0 aliphatic carbocycles. The van der Waals surface area contributed by atoms with Gasteiger partial charge in [0.2, 0.25) is 5.78 Å². The minimum Gasteiger partial charge on any atom is -0.451 e. The number of Topliss-reactive ketones (excluding diaryl/α,β-unsaturated/α-hetero) is 1. The quantitative estimate of drug-likeness (QED) is 0.296. The summed E-state index contributed by atoms with van der Waals surface area (Å²) in [6.07, 6.45) is -1.14. The van der Waals surface area contributed by atoms with Gasteiger partial charge in [-0.15, -0.1) is 0 Å². The van der Waals surface area contributed by atoms with E-state index in [1.54, 1.807) is 0 Å². The van der Waals surface area contributed by atoms with Crippen LogP contribution in [-0.2, 0) is 4.74 Å². The van der Waals surface area contributed by atoms with E-state index in [0.717, 1.165) is 18.2 Å². The van der Waals surface area contributed by atoms with Crippen molar-refractivity contribution in [3.8, 4) is 0 Å². The first-order chi connectivity index (χ1) is 11.3. The second-order valence-electron chi connectivity index (χ2n) is 4.95. The van der Waals surface area contributed by atoms with Gasteiger partial charge in [-0.2, -0.15) is 0 Å². The van der Waals surface area contributed by atoms with E-state index in [4.69, 9.17) is 10.5 Å². The van der Waals surface area contributed by atoms with Gasteiger partial charge in [0.25, 0.3) is 5.69 Å². The Labute approximate surface area is 136 Å². The zero-order valence-corrected chi connectivity index (χ0v) is 12.6. The SMILES string of the molecule is C[C@H](OC(=O)c1ccc(N)c([N+](=O)[O-])c1)C(=O)c1ccc(F)cc1. The van der Waals surface area contributed by atoms with Gasteiger partial charge in [-0.1, -0.05) is 0 Å². The molecule has 24 heavy (non-hydrogen) atoms. The maximum Gasteiger partial charge on any atom is 0.339 e. The van der Waals surface area contributed by atoms with Crippen molar-refractivity contribution in [3.63, 3.8) is 0 Å². The van der Waals surface area contributed by atoms with Crippen molar-refractivity contribution < 1.29 is 23.6 Å². The number of ketones is 1. The van der Waals surface area contributed by atoms with Crippen LogP contribution in [0.2, 0.25) is 0 Å². The smallest absolute Gasteiger partial charge is 0.339 e. The molecule has 0 aliphatic rings. The molecular formula is C16H13FN2O5. The molecule has 0 amide bonds. The molecule has 7 nitrogen and oxygen atoms in total. The first-order valence-electron chi connectivity index (χ1n) is 6.84. The van der Waals surface area contributed by atoms with Crippen molar-refractivity contribution in [3.05, 3.63) is 69.5 Å². The number of nitrogen functional groups attached to an aromatic ring is 1. The number of hydrogen-bond acceptors (Lipinski definition) is 6. The number of esters is 1. The summed E-state index contributed by atoms with van der Waals surface area (Å²) in [5.74, 6) is -1.92. The minimum absolute atomic E-state index is 0.0908. The summed E-state index contributed by atoms with van der Waals surface area (Å²) in [5, 5.41) is 10.8. The van der Waals surface area contributed by atoms with Crippen LogP contribution in [0, 0.1) is 15.9 Å². The lowest BCUT2D eigenvalue weighted by molar-refractivity contribution is -0.383. The molecule has 2 rings (SSSR count). The standard InChI is InChI=1S/C16H13FN2O5/c1-9(15(20)10-2-5-12(17)6-3-10)24-16(21)11-4-7-13(18)14(8-11)19(22)23/h2-9H,18H2,1H3/t9-/m0/s1. The van der Waals surface area contributed by atoms with Crippen LogP contribution in [-0.4, -0.2) is 22.8 Å². The number of carbonyl (C=O) groups excluding carboxylic acids is 2. The first kappa shape index (κ1) is 17.1. The van der Waals surface area contributed by atoms with Crippen LogP contribution >= 0.6 is 0 Å². The zero-order valence-electron chi connectivity index (χ0n) is 12.6. The number of anilines is 1. The third-order valence-corrected chi connectivity index (χ3v) is 3.24.